The zero-order chi connectivity index (χ0) is 14.1. The van der Waals surface area contributed by atoms with Crippen LogP contribution < -0.4 is 0 Å². The highest BCUT2D eigenvalue weighted by Crippen LogP contribution is 2.26. The third-order valence-corrected chi connectivity index (χ3v) is 3.17. The minimum atomic E-state index is -0.181. The Balaban J connectivity index is 0.000000550. The van der Waals surface area contributed by atoms with E-state index in [-0.39, 0.29) is 12.1 Å². The number of ether oxygens (including phenoxy) is 1. The number of rotatable bonds is 2. The first-order valence-electron chi connectivity index (χ1n) is 7.43. The quantitative estimate of drug-likeness (QED) is 0.713. The molecule has 0 saturated heterocycles. The van der Waals surface area contributed by atoms with E-state index in [1.54, 1.807) is 12.1 Å². The fourth-order valence-corrected chi connectivity index (χ4v) is 2.28. The second-order valence-electron chi connectivity index (χ2n) is 5.37. The van der Waals surface area contributed by atoms with Gasteiger partial charge in [0.25, 0.3) is 0 Å². The van der Waals surface area contributed by atoms with Crippen LogP contribution in [0.1, 0.15) is 63.2 Å². The summed E-state index contributed by atoms with van der Waals surface area (Å²) in [5.41, 5.74) is 0.653. The van der Waals surface area contributed by atoms with Crippen LogP contribution >= 0.6 is 0 Å². The first kappa shape index (κ1) is 15.7. The van der Waals surface area contributed by atoms with E-state index in [9.17, 15) is 4.79 Å². The van der Waals surface area contributed by atoms with Crippen LogP contribution in [0.15, 0.2) is 30.3 Å². The normalized spacial score (nSPS) is 22.1. The number of benzene rings is 1. The highest BCUT2D eigenvalue weighted by molar-refractivity contribution is 5.89. The third-order valence-electron chi connectivity index (χ3n) is 3.17. The zero-order valence-corrected chi connectivity index (χ0v) is 12.4. The summed E-state index contributed by atoms with van der Waals surface area (Å²) < 4.78 is 5.51. The molecular formula is C17H26O2. The molecule has 0 heterocycles. The van der Waals surface area contributed by atoms with Gasteiger partial charge in [-0.1, -0.05) is 51.8 Å². The Bertz CT molecular complexity index is 359. The van der Waals surface area contributed by atoms with E-state index in [1.165, 1.54) is 19.3 Å². The second-order valence-corrected chi connectivity index (χ2v) is 5.37. The molecular weight excluding hydrogens is 236 g/mol. The van der Waals surface area contributed by atoms with Gasteiger partial charge in [-0.3, -0.25) is 0 Å². The van der Waals surface area contributed by atoms with Gasteiger partial charge in [0.2, 0.25) is 0 Å². The highest BCUT2D eigenvalue weighted by atomic mass is 16.5. The van der Waals surface area contributed by atoms with Crippen LogP contribution in [0.2, 0.25) is 0 Å². The Hall–Kier alpha value is -1.31. The van der Waals surface area contributed by atoms with Crippen LogP contribution in [-0.2, 0) is 4.74 Å². The molecule has 1 aliphatic carbocycles. The monoisotopic (exact) mass is 262 g/mol. The van der Waals surface area contributed by atoms with E-state index in [0.717, 1.165) is 12.8 Å². The van der Waals surface area contributed by atoms with Gasteiger partial charge in [-0.05, 0) is 37.3 Å². The Morgan fingerprint density at radius 3 is 2.42 bits per heavy atom. The van der Waals surface area contributed by atoms with Gasteiger partial charge in [-0.2, -0.15) is 0 Å². The van der Waals surface area contributed by atoms with Crippen molar-refractivity contribution in [3.8, 4) is 0 Å². The van der Waals surface area contributed by atoms with E-state index in [0.29, 0.717) is 11.5 Å². The smallest absolute Gasteiger partial charge is 0.338 e. The largest absolute Gasteiger partial charge is 0.459 e. The first-order valence-corrected chi connectivity index (χ1v) is 7.43. The molecule has 2 unspecified atom stereocenters. The Labute approximate surface area is 117 Å². The van der Waals surface area contributed by atoms with E-state index in [2.05, 4.69) is 20.8 Å². The Kier molecular flexibility index (Phi) is 7.24. The van der Waals surface area contributed by atoms with E-state index in [1.807, 2.05) is 18.2 Å². The van der Waals surface area contributed by atoms with E-state index >= 15 is 0 Å². The number of esters is 1. The SMILES string of the molecule is CC1CCCC(OC(=O)c2ccccc2)C1.CCC. The van der Waals surface area contributed by atoms with Crippen molar-refractivity contribution in [2.75, 3.05) is 0 Å². The lowest BCUT2D eigenvalue weighted by Crippen LogP contribution is -2.24. The van der Waals surface area contributed by atoms with Crippen molar-refractivity contribution in [3.63, 3.8) is 0 Å². The predicted molar refractivity (Wildman–Crippen MR) is 79.2 cm³/mol. The van der Waals surface area contributed by atoms with Crippen LogP contribution in [0.4, 0.5) is 0 Å². The van der Waals surface area contributed by atoms with Crippen molar-refractivity contribution in [3.05, 3.63) is 35.9 Å². The molecule has 1 aromatic rings. The average Bonchev–Trinajstić information content (AvgIpc) is 2.40. The van der Waals surface area contributed by atoms with Crippen molar-refractivity contribution in [1.29, 1.82) is 0 Å². The number of carbonyl (C=O) groups is 1. The minimum absolute atomic E-state index is 0.122. The topological polar surface area (TPSA) is 26.3 Å². The number of hydrogen-bond acceptors (Lipinski definition) is 2. The van der Waals surface area contributed by atoms with Gasteiger partial charge in [0.1, 0.15) is 6.10 Å². The van der Waals surface area contributed by atoms with Crippen LogP contribution in [0, 0.1) is 5.92 Å². The summed E-state index contributed by atoms with van der Waals surface area (Å²) in [5.74, 6) is 0.502. The van der Waals surface area contributed by atoms with Gasteiger partial charge >= 0.3 is 5.97 Å². The molecule has 1 aromatic carbocycles. The van der Waals surface area contributed by atoms with Gasteiger partial charge in [-0.15, -0.1) is 0 Å². The van der Waals surface area contributed by atoms with E-state index < -0.39 is 0 Å². The molecule has 1 aliphatic rings. The summed E-state index contributed by atoms with van der Waals surface area (Å²) in [6.07, 6.45) is 5.84. The summed E-state index contributed by atoms with van der Waals surface area (Å²) in [6.45, 7) is 6.47. The van der Waals surface area contributed by atoms with Crippen molar-refractivity contribution < 1.29 is 9.53 Å². The van der Waals surface area contributed by atoms with Crippen molar-refractivity contribution >= 4 is 5.97 Å². The van der Waals surface area contributed by atoms with Crippen LogP contribution in [0.3, 0.4) is 0 Å². The molecule has 19 heavy (non-hydrogen) atoms. The molecule has 2 rings (SSSR count). The number of hydrogen-bond donors (Lipinski definition) is 0. The summed E-state index contributed by atoms with van der Waals surface area (Å²) in [6, 6.07) is 9.23. The summed E-state index contributed by atoms with van der Waals surface area (Å²) in [7, 11) is 0. The van der Waals surface area contributed by atoms with Gasteiger partial charge in [-0.25, -0.2) is 4.79 Å². The molecule has 2 atom stereocenters. The lowest BCUT2D eigenvalue weighted by molar-refractivity contribution is 0.0155. The lowest BCUT2D eigenvalue weighted by atomic mass is 9.89. The molecule has 0 aliphatic heterocycles. The predicted octanol–water partition coefficient (Wildman–Crippen LogP) is 4.84. The van der Waals surface area contributed by atoms with Gasteiger partial charge in [0, 0.05) is 0 Å². The van der Waals surface area contributed by atoms with Crippen molar-refractivity contribution in [2.24, 2.45) is 5.92 Å². The molecule has 0 spiro atoms. The standard InChI is InChI=1S/C14H18O2.C3H8/c1-11-6-5-9-13(10-11)16-14(15)12-7-3-2-4-8-12;1-3-2/h2-4,7-8,11,13H,5-6,9-10H2,1H3;3H2,1-2H3. The summed E-state index contributed by atoms with van der Waals surface area (Å²) >= 11 is 0. The minimum Gasteiger partial charge on any atom is -0.459 e. The molecule has 1 saturated carbocycles. The van der Waals surface area contributed by atoms with Gasteiger partial charge in [0.05, 0.1) is 5.56 Å². The Morgan fingerprint density at radius 2 is 1.84 bits per heavy atom. The highest BCUT2D eigenvalue weighted by Gasteiger charge is 2.22. The van der Waals surface area contributed by atoms with Crippen LogP contribution in [-0.4, -0.2) is 12.1 Å². The third kappa shape index (κ3) is 5.91. The molecule has 2 heteroatoms. The molecule has 106 valence electrons. The molecule has 2 nitrogen and oxygen atoms in total. The summed E-state index contributed by atoms with van der Waals surface area (Å²) in [5, 5.41) is 0. The molecule has 1 fully saturated rings. The molecule has 0 N–H and O–H groups in total. The Morgan fingerprint density at radius 1 is 1.21 bits per heavy atom. The second kappa shape index (κ2) is 8.73. The lowest BCUT2D eigenvalue weighted by Gasteiger charge is -2.26. The fraction of sp³-hybridized carbons (Fsp3) is 0.588. The van der Waals surface area contributed by atoms with Crippen molar-refractivity contribution in [1.82, 2.24) is 0 Å². The zero-order valence-electron chi connectivity index (χ0n) is 12.4. The molecule has 0 radical (unpaired) electrons. The van der Waals surface area contributed by atoms with Gasteiger partial charge < -0.3 is 4.74 Å². The number of carbonyl (C=O) groups excluding carboxylic acids is 1. The maximum atomic E-state index is 11.8. The van der Waals surface area contributed by atoms with Crippen molar-refractivity contribution in [2.45, 2.75) is 59.0 Å². The maximum Gasteiger partial charge on any atom is 0.338 e. The van der Waals surface area contributed by atoms with Crippen LogP contribution in [0.5, 0.6) is 0 Å². The molecule has 0 bridgehead atoms. The van der Waals surface area contributed by atoms with Crippen LogP contribution in [0.25, 0.3) is 0 Å². The first-order chi connectivity index (χ1) is 9.17. The summed E-state index contributed by atoms with van der Waals surface area (Å²) in [4.78, 5) is 11.8. The van der Waals surface area contributed by atoms with E-state index in [4.69, 9.17) is 4.74 Å². The van der Waals surface area contributed by atoms with Gasteiger partial charge in [0.15, 0.2) is 0 Å². The molecule has 0 amide bonds. The maximum absolute atomic E-state index is 11.8. The fourth-order valence-electron chi connectivity index (χ4n) is 2.28. The molecule has 0 aromatic heterocycles. The average molecular weight is 262 g/mol.